The zero-order valence-electron chi connectivity index (χ0n) is 7.57. The van der Waals surface area contributed by atoms with E-state index in [1.807, 2.05) is 0 Å². The van der Waals surface area contributed by atoms with Gasteiger partial charge in [0, 0.05) is 6.42 Å². The van der Waals surface area contributed by atoms with Gasteiger partial charge in [0.1, 0.15) is 0 Å². The van der Waals surface area contributed by atoms with Gasteiger partial charge in [0.2, 0.25) is 0 Å². The zero-order chi connectivity index (χ0) is 8.65. The van der Waals surface area contributed by atoms with Crippen molar-refractivity contribution in [1.82, 2.24) is 0 Å². The lowest BCUT2D eigenvalue weighted by Crippen LogP contribution is -2.08. The van der Waals surface area contributed by atoms with Gasteiger partial charge < -0.3 is 5.11 Å². The van der Waals surface area contributed by atoms with Crippen molar-refractivity contribution in [2.24, 2.45) is 5.41 Å². The third-order valence-corrected chi connectivity index (χ3v) is 2.10. The molecule has 1 aliphatic rings. The predicted molar refractivity (Wildman–Crippen MR) is 47.5 cm³/mol. The van der Waals surface area contributed by atoms with Crippen LogP contribution in [0.1, 0.15) is 33.6 Å². The minimum Gasteiger partial charge on any atom is -0.512 e. The molecule has 0 aromatic heterocycles. The van der Waals surface area contributed by atoms with Gasteiger partial charge in [0.25, 0.3) is 0 Å². The van der Waals surface area contributed by atoms with Crippen molar-refractivity contribution in [1.29, 1.82) is 0 Å². The average Bonchev–Trinajstić information content (AvgIpc) is 2.08. The van der Waals surface area contributed by atoms with Gasteiger partial charge in [0.15, 0.2) is 0 Å². The molecule has 1 aliphatic carbocycles. The number of hydrogen-bond donors (Lipinski definition) is 1. The SMILES string of the molecule is C=C1CC(O)=C(C(C)(C)C)C1. The third kappa shape index (κ3) is 1.65. The molecule has 0 amide bonds. The second-order valence-electron chi connectivity index (χ2n) is 4.28. The fraction of sp³-hybridized carbons (Fsp3) is 0.600. The summed E-state index contributed by atoms with van der Waals surface area (Å²) in [5, 5.41) is 9.51. The molecule has 0 heterocycles. The highest BCUT2D eigenvalue weighted by Gasteiger charge is 2.26. The molecule has 0 atom stereocenters. The Bertz CT molecular complexity index is 216. The molecule has 0 aromatic carbocycles. The molecule has 0 radical (unpaired) electrons. The molecular weight excluding hydrogens is 136 g/mol. The first-order chi connectivity index (χ1) is 4.91. The van der Waals surface area contributed by atoms with E-state index < -0.39 is 0 Å². The lowest BCUT2D eigenvalue weighted by Gasteiger charge is -2.20. The van der Waals surface area contributed by atoms with Crippen LogP contribution in [0.25, 0.3) is 0 Å². The van der Waals surface area contributed by atoms with E-state index in [9.17, 15) is 5.11 Å². The van der Waals surface area contributed by atoms with E-state index >= 15 is 0 Å². The van der Waals surface area contributed by atoms with Crippen LogP contribution in [-0.2, 0) is 0 Å². The number of aliphatic hydroxyl groups is 1. The molecule has 0 saturated carbocycles. The molecule has 11 heavy (non-hydrogen) atoms. The highest BCUT2D eigenvalue weighted by Crippen LogP contribution is 2.39. The zero-order valence-corrected chi connectivity index (χ0v) is 7.57. The standard InChI is InChI=1S/C10H16O/c1-7-5-8(9(11)6-7)10(2,3)4/h11H,1,5-6H2,2-4H3. The van der Waals surface area contributed by atoms with Crippen LogP contribution in [0.2, 0.25) is 0 Å². The minimum atomic E-state index is 0.101. The average molecular weight is 152 g/mol. The first kappa shape index (κ1) is 8.38. The molecule has 0 bridgehead atoms. The van der Waals surface area contributed by atoms with Crippen LogP contribution in [0, 0.1) is 5.41 Å². The highest BCUT2D eigenvalue weighted by atomic mass is 16.3. The van der Waals surface area contributed by atoms with E-state index in [0.29, 0.717) is 12.2 Å². The smallest absolute Gasteiger partial charge is 0.0963 e. The monoisotopic (exact) mass is 152 g/mol. The first-order valence-corrected chi connectivity index (χ1v) is 3.99. The van der Waals surface area contributed by atoms with E-state index in [1.165, 1.54) is 0 Å². The van der Waals surface area contributed by atoms with Crippen molar-refractivity contribution in [3.8, 4) is 0 Å². The Hall–Kier alpha value is -0.720. The number of allylic oxidation sites excluding steroid dienone is 2. The molecule has 0 aromatic rings. The maximum absolute atomic E-state index is 9.51. The highest BCUT2D eigenvalue weighted by molar-refractivity contribution is 5.31. The largest absolute Gasteiger partial charge is 0.512 e. The van der Waals surface area contributed by atoms with Gasteiger partial charge in [-0.15, -0.1) is 0 Å². The summed E-state index contributed by atoms with van der Waals surface area (Å²) < 4.78 is 0. The van der Waals surface area contributed by atoms with E-state index in [0.717, 1.165) is 17.6 Å². The van der Waals surface area contributed by atoms with Gasteiger partial charge in [-0.2, -0.15) is 0 Å². The lowest BCUT2D eigenvalue weighted by atomic mass is 9.85. The van der Waals surface area contributed by atoms with Crippen LogP contribution < -0.4 is 0 Å². The Balaban J connectivity index is 2.89. The van der Waals surface area contributed by atoms with Crippen LogP contribution in [-0.4, -0.2) is 5.11 Å². The number of rotatable bonds is 0. The van der Waals surface area contributed by atoms with Crippen molar-refractivity contribution < 1.29 is 5.11 Å². The van der Waals surface area contributed by atoms with Gasteiger partial charge in [-0.05, 0) is 17.4 Å². The van der Waals surface area contributed by atoms with Crippen molar-refractivity contribution >= 4 is 0 Å². The first-order valence-electron chi connectivity index (χ1n) is 3.99. The molecule has 0 saturated heterocycles. The fourth-order valence-corrected chi connectivity index (χ4v) is 1.46. The molecular formula is C10H16O. The van der Waals surface area contributed by atoms with Gasteiger partial charge in [-0.3, -0.25) is 0 Å². The van der Waals surface area contributed by atoms with Crippen molar-refractivity contribution in [2.75, 3.05) is 0 Å². The summed E-state index contributed by atoms with van der Waals surface area (Å²) in [5.74, 6) is 0.544. The van der Waals surface area contributed by atoms with Gasteiger partial charge in [0.05, 0.1) is 5.76 Å². The van der Waals surface area contributed by atoms with Crippen LogP contribution in [0.3, 0.4) is 0 Å². The molecule has 62 valence electrons. The summed E-state index contributed by atoms with van der Waals surface area (Å²) in [5.41, 5.74) is 2.39. The van der Waals surface area contributed by atoms with Crippen LogP contribution >= 0.6 is 0 Å². The van der Waals surface area contributed by atoms with Crippen molar-refractivity contribution in [2.45, 2.75) is 33.6 Å². The molecule has 1 rings (SSSR count). The second-order valence-corrected chi connectivity index (χ2v) is 4.28. The Kier molecular flexibility index (Phi) is 1.83. The summed E-state index contributed by atoms with van der Waals surface area (Å²) in [6.45, 7) is 10.2. The minimum absolute atomic E-state index is 0.101. The van der Waals surface area contributed by atoms with Crippen LogP contribution in [0.5, 0.6) is 0 Å². The lowest BCUT2D eigenvalue weighted by molar-refractivity contribution is 0.373. The van der Waals surface area contributed by atoms with E-state index in [4.69, 9.17) is 0 Å². The molecule has 1 heteroatoms. The maximum Gasteiger partial charge on any atom is 0.0963 e. The Morgan fingerprint density at radius 1 is 1.27 bits per heavy atom. The quantitative estimate of drug-likeness (QED) is 0.528. The molecule has 1 nitrogen and oxygen atoms in total. The molecule has 0 spiro atoms. The normalized spacial score (nSPS) is 19.7. The van der Waals surface area contributed by atoms with Gasteiger partial charge >= 0.3 is 0 Å². The Morgan fingerprint density at radius 2 is 1.82 bits per heavy atom. The summed E-state index contributed by atoms with van der Waals surface area (Å²) >= 11 is 0. The summed E-state index contributed by atoms with van der Waals surface area (Å²) in [6, 6.07) is 0. The summed E-state index contributed by atoms with van der Waals surface area (Å²) in [7, 11) is 0. The van der Waals surface area contributed by atoms with Crippen LogP contribution in [0.15, 0.2) is 23.5 Å². The third-order valence-electron chi connectivity index (χ3n) is 2.10. The molecule has 0 aliphatic heterocycles. The molecule has 1 N–H and O–H groups in total. The fourth-order valence-electron chi connectivity index (χ4n) is 1.46. The summed E-state index contributed by atoms with van der Waals surface area (Å²) in [4.78, 5) is 0. The number of aliphatic hydroxyl groups excluding tert-OH is 1. The van der Waals surface area contributed by atoms with E-state index in [-0.39, 0.29) is 5.41 Å². The number of hydrogen-bond acceptors (Lipinski definition) is 1. The van der Waals surface area contributed by atoms with Crippen LogP contribution in [0.4, 0.5) is 0 Å². The maximum atomic E-state index is 9.51. The molecule has 0 fully saturated rings. The molecule has 0 unspecified atom stereocenters. The van der Waals surface area contributed by atoms with Crippen molar-refractivity contribution in [3.05, 3.63) is 23.5 Å². The van der Waals surface area contributed by atoms with Gasteiger partial charge in [-0.1, -0.05) is 32.9 Å². The van der Waals surface area contributed by atoms with Gasteiger partial charge in [-0.25, -0.2) is 0 Å². The summed E-state index contributed by atoms with van der Waals surface area (Å²) in [6.07, 6.45) is 1.57. The Labute approximate surface area is 68.4 Å². The topological polar surface area (TPSA) is 20.2 Å². The van der Waals surface area contributed by atoms with Crippen molar-refractivity contribution in [3.63, 3.8) is 0 Å². The predicted octanol–water partition coefficient (Wildman–Crippen LogP) is 3.19. The van der Waals surface area contributed by atoms with E-state index in [1.54, 1.807) is 0 Å². The Morgan fingerprint density at radius 3 is 2.00 bits per heavy atom. The van der Waals surface area contributed by atoms with E-state index in [2.05, 4.69) is 27.4 Å². The second kappa shape index (κ2) is 2.40.